The number of hydrogen-bond acceptors (Lipinski definition) is 8. The average molecular weight is 449 g/mol. The van der Waals surface area contributed by atoms with E-state index in [0.717, 1.165) is 12.4 Å². The first kappa shape index (κ1) is 21.8. The predicted octanol–water partition coefficient (Wildman–Crippen LogP) is 2.95. The Morgan fingerprint density at radius 3 is 2.53 bits per heavy atom. The summed E-state index contributed by atoms with van der Waals surface area (Å²) in [4.78, 5) is 29.7. The number of hydrogen-bond donors (Lipinski definition) is 2. The number of rotatable bonds is 5. The number of carbonyl (C=O) groups is 1. The van der Waals surface area contributed by atoms with Crippen molar-refractivity contribution in [2.45, 2.75) is 51.1 Å². The third-order valence-electron chi connectivity index (χ3n) is 5.37. The van der Waals surface area contributed by atoms with Gasteiger partial charge in [-0.3, -0.25) is 4.79 Å². The summed E-state index contributed by atoms with van der Waals surface area (Å²) < 4.78 is 43.3. The maximum Gasteiger partial charge on any atom is 0.451 e. The van der Waals surface area contributed by atoms with Crippen molar-refractivity contribution >= 4 is 23.4 Å². The zero-order chi connectivity index (χ0) is 23.2. The van der Waals surface area contributed by atoms with Gasteiger partial charge in [-0.05, 0) is 19.4 Å². The lowest BCUT2D eigenvalue weighted by Gasteiger charge is -2.37. The molecule has 2 N–H and O–H groups in total. The molecule has 3 heterocycles. The van der Waals surface area contributed by atoms with Gasteiger partial charge in [0.15, 0.2) is 11.6 Å². The van der Waals surface area contributed by atoms with E-state index < -0.39 is 18.0 Å². The molecule has 2 aromatic heterocycles. The highest BCUT2D eigenvalue weighted by Gasteiger charge is 2.36. The molecule has 1 saturated carbocycles. The van der Waals surface area contributed by atoms with Crippen molar-refractivity contribution in [3.8, 4) is 5.75 Å². The van der Waals surface area contributed by atoms with Crippen molar-refractivity contribution in [2.75, 3.05) is 22.6 Å². The van der Waals surface area contributed by atoms with Gasteiger partial charge in [0.1, 0.15) is 17.8 Å². The molecule has 4 rings (SSSR count). The Morgan fingerprint density at radius 1 is 1.28 bits per heavy atom. The number of carbonyl (C=O) groups excluding carboxylic acids is 1. The lowest BCUT2D eigenvalue weighted by molar-refractivity contribution is -0.145. The monoisotopic (exact) mass is 449 g/mol. The Hall–Kier alpha value is -3.44. The van der Waals surface area contributed by atoms with Crippen LogP contribution in [0.4, 0.5) is 30.6 Å². The van der Waals surface area contributed by atoms with Crippen molar-refractivity contribution in [3.05, 3.63) is 36.1 Å². The first-order chi connectivity index (χ1) is 15.0. The first-order valence-corrected chi connectivity index (χ1v) is 9.93. The first-order valence-electron chi connectivity index (χ1n) is 9.93. The Morgan fingerprint density at radius 2 is 1.94 bits per heavy atom. The number of halogens is 3. The summed E-state index contributed by atoms with van der Waals surface area (Å²) in [6.07, 6.45) is -1.49. The van der Waals surface area contributed by atoms with Crippen LogP contribution < -0.4 is 20.3 Å². The maximum atomic E-state index is 12.5. The van der Waals surface area contributed by atoms with Crippen LogP contribution in [0.25, 0.3) is 0 Å². The molecule has 0 saturated heterocycles. The van der Waals surface area contributed by atoms with Gasteiger partial charge in [-0.1, -0.05) is 6.58 Å². The summed E-state index contributed by atoms with van der Waals surface area (Å²) in [7, 11) is 1.78. The van der Waals surface area contributed by atoms with Crippen LogP contribution >= 0.6 is 0 Å². The Labute approximate surface area is 182 Å². The zero-order valence-electron chi connectivity index (χ0n) is 17.7. The molecular weight excluding hydrogens is 427 g/mol. The highest BCUT2D eigenvalue weighted by Crippen LogP contribution is 2.35. The van der Waals surface area contributed by atoms with Gasteiger partial charge in [0.2, 0.25) is 11.8 Å². The normalized spacial score (nSPS) is 22.5. The summed E-state index contributed by atoms with van der Waals surface area (Å²) >= 11 is 0. The van der Waals surface area contributed by atoms with Crippen molar-refractivity contribution in [3.63, 3.8) is 0 Å². The molecule has 0 spiro atoms. The molecule has 0 unspecified atom stereocenters. The quantitative estimate of drug-likeness (QED) is 0.672. The Kier molecular flexibility index (Phi) is 5.39. The minimum absolute atomic E-state index is 0.0354. The van der Waals surface area contributed by atoms with Crippen LogP contribution in [0.3, 0.4) is 0 Å². The smallest absolute Gasteiger partial charge is 0.451 e. The number of alkyl halides is 3. The molecule has 1 fully saturated rings. The number of anilines is 3. The van der Waals surface area contributed by atoms with Crippen molar-refractivity contribution in [1.82, 2.24) is 19.9 Å². The van der Waals surface area contributed by atoms with E-state index >= 15 is 0 Å². The van der Waals surface area contributed by atoms with Crippen molar-refractivity contribution in [2.24, 2.45) is 0 Å². The van der Waals surface area contributed by atoms with E-state index in [-0.39, 0.29) is 23.8 Å². The molecule has 1 atom stereocenters. The molecule has 12 heteroatoms. The van der Waals surface area contributed by atoms with Crippen LogP contribution in [0.5, 0.6) is 5.75 Å². The number of fused-ring (bicyclic) bond motifs is 1. The standard InChI is InChI=1S/C20H22F3N7O2/c1-9(2)15-17(31)28-14-10(3)26-19(29-16(14)30(15)4)27-11-5-12(6-11)32-13-7-24-18(25-8-13)20(21,22)23/h7-8,11-12,15H,1,5-6H2,2-4H3,(H,28,31)(H,26,27,29)/t11-,12-,15-/m0/s1. The van der Waals surface area contributed by atoms with Crippen LogP contribution in [0.2, 0.25) is 0 Å². The SMILES string of the molecule is C=C(C)[C@H]1C(=O)Nc2c(C)nc(N[C@H]3C[C@H](Oc4cnc(C(F)(F)F)nc4)C3)nc2N1C. The molecule has 1 amide bonds. The van der Waals surface area contributed by atoms with E-state index in [9.17, 15) is 18.0 Å². The van der Waals surface area contributed by atoms with E-state index in [4.69, 9.17) is 4.74 Å². The molecule has 0 radical (unpaired) electrons. The summed E-state index contributed by atoms with van der Waals surface area (Å²) in [6.45, 7) is 7.46. The second-order valence-electron chi connectivity index (χ2n) is 7.97. The topological polar surface area (TPSA) is 105 Å². The number of amides is 1. The van der Waals surface area contributed by atoms with E-state index in [1.807, 2.05) is 0 Å². The summed E-state index contributed by atoms with van der Waals surface area (Å²) in [5, 5.41) is 6.10. The van der Waals surface area contributed by atoms with Crippen LogP contribution in [0.1, 0.15) is 31.3 Å². The third-order valence-corrected chi connectivity index (χ3v) is 5.37. The number of likely N-dealkylation sites (N-methyl/N-ethyl adjacent to an activating group) is 1. The van der Waals surface area contributed by atoms with Crippen molar-refractivity contribution < 1.29 is 22.7 Å². The van der Waals surface area contributed by atoms with Gasteiger partial charge < -0.3 is 20.3 Å². The second kappa shape index (κ2) is 7.92. The average Bonchev–Trinajstić information content (AvgIpc) is 2.67. The van der Waals surface area contributed by atoms with Gasteiger partial charge in [0, 0.05) is 25.9 Å². The van der Waals surface area contributed by atoms with E-state index in [1.165, 1.54) is 0 Å². The molecule has 9 nitrogen and oxygen atoms in total. The maximum absolute atomic E-state index is 12.5. The van der Waals surface area contributed by atoms with Crippen LogP contribution in [-0.4, -0.2) is 51.1 Å². The van der Waals surface area contributed by atoms with E-state index in [0.29, 0.717) is 41.6 Å². The summed E-state index contributed by atoms with van der Waals surface area (Å²) in [5.74, 6) is -0.169. The zero-order valence-corrected chi connectivity index (χ0v) is 17.7. The molecule has 32 heavy (non-hydrogen) atoms. The largest absolute Gasteiger partial charge is 0.487 e. The van der Waals surface area contributed by atoms with Crippen LogP contribution in [-0.2, 0) is 11.0 Å². The lowest BCUT2D eigenvalue weighted by atomic mass is 9.89. The van der Waals surface area contributed by atoms with E-state index in [2.05, 4.69) is 37.1 Å². The summed E-state index contributed by atoms with van der Waals surface area (Å²) in [5.41, 5.74) is 1.90. The van der Waals surface area contributed by atoms with E-state index in [1.54, 1.807) is 25.8 Å². The fourth-order valence-corrected chi connectivity index (χ4v) is 3.75. The molecule has 0 aromatic carbocycles. The van der Waals surface area contributed by atoms with Gasteiger partial charge >= 0.3 is 6.18 Å². The van der Waals surface area contributed by atoms with Crippen LogP contribution in [0.15, 0.2) is 24.5 Å². The molecule has 170 valence electrons. The molecule has 2 aliphatic rings. The van der Waals surface area contributed by atoms with Crippen molar-refractivity contribution in [1.29, 1.82) is 0 Å². The Balaban J connectivity index is 1.38. The van der Waals surface area contributed by atoms with Gasteiger partial charge in [-0.15, -0.1) is 0 Å². The third kappa shape index (κ3) is 4.16. The van der Waals surface area contributed by atoms with Gasteiger partial charge in [-0.2, -0.15) is 18.2 Å². The van der Waals surface area contributed by atoms with Gasteiger partial charge in [-0.25, -0.2) is 15.0 Å². The van der Waals surface area contributed by atoms with Gasteiger partial charge in [0.05, 0.1) is 18.1 Å². The van der Waals surface area contributed by atoms with Gasteiger partial charge in [0.25, 0.3) is 5.91 Å². The second-order valence-corrected chi connectivity index (χ2v) is 7.97. The highest BCUT2D eigenvalue weighted by molar-refractivity contribution is 6.05. The minimum Gasteiger partial charge on any atom is -0.487 e. The highest BCUT2D eigenvalue weighted by atomic mass is 19.4. The lowest BCUT2D eigenvalue weighted by Crippen LogP contribution is -2.47. The fourth-order valence-electron chi connectivity index (χ4n) is 3.75. The predicted molar refractivity (Wildman–Crippen MR) is 110 cm³/mol. The number of aromatic nitrogens is 4. The minimum atomic E-state index is -4.59. The number of nitrogens with zero attached hydrogens (tertiary/aromatic N) is 5. The Bertz CT molecular complexity index is 1050. The number of ether oxygens (including phenoxy) is 1. The number of nitrogens with one attached hydrogen (secondary N) is 2. The molecule has 1 aliphatic heterocycles. The molecule has 2 aromatic rings. The molecule has 1 aliphatic carbocycles. The molecule has 0 bridgehead atoms. The van der Waals surface area contributed by atoms with Crippen LogP contribution in [0, 0.1) is 6.92 Å². The molecular formula is C20H22F3N7O2. The summed E-state index contributed by atoms with van der Waals surface area (Å²) in [6, 6.07) is -0.481. The number of aryl methyl sites for hydroxylation is 1. The fraction of sp³-hybridized carbons (Fsp3) is 0.450.